The third-order valence-corrected chi connectivity index (χ3v) is 4.77. The van der Waals surface area contributed by atoms with Gasteiger partial charge in [-0.1, -0.05) is 24.3 Å². The fourth-order valence-corrected chi connectivity index (χ4v) is 3.28. The van der Waals surface area contributed by atoms with E-state index >= 15 is 0 Å². The molecular formula is C23H32IN7. The predicted octanol–water partition coefficient (Wildman–Crippen LogP) is 4.06. The van der Waals surface area contributed by atoms with Gasteiger partial charge in [0, 0.05) is 38.6 Å². The van der Waals surface area contributed by atoms with Crippen molar-refractivity contribution in [2.24, 2.45) is 4.99 Å². The van der Waals surface area contributed by atoms with Crippen LogP contribution in [0.25, 0.3) is 5.69 Å². The van der Waals surface area contributed by atoms with Crippen molar-refractivity contribution in [3.8, 4) is 5.69 Å². The van der Waals surface area contributed by atoms with Crippen LogP contribution in [0.3, 0.4) is 0 Å². The molecule has 1 aromatic carbocycles. The van der Waals surface area contributed by atoms with E-state index in [0.717, 1.165) is 54.8 Å². The monoisotopic (exact) mass is 533 g/mol. The Morgan fingerprint density at radius 1 is 1.00 bits per heavy atom. The van der Waals surface area contributed by atoms with Crippen molar-refractivity contribution in [2.75, 3.05) is 25.5 Å². The highest BCUT2D eigenvalue weighted by molar-refractivity contribution is 14.0. The Bertz CT molecular complexity index is 954. The van der Waals surface area contributed by atoms with Gasteiger partial charge in [-0.15, -0.1) is 24.0 Å². The summed E-state index contributed by atoms with van der Waals surface area (Å²) in [6, 6.07) is 16.3. The normalized spacial score (nSPS) is 11.0. The van der Waals surface area contributed by atoms with Gasteiger partial charge in [-0.3, -0.25) is 4.99 Å². The van der Waals surface area contributed by atoms with Crippen LogP contribution in [0.5, 0.6) is 0 Å². The molecule has 0 saturated carbocycles. The molecule has 0 atom stereocenters. The molecule has 0 bridgehead atoms. The van der Waals surface area contributed by atoms with Gasteiger partial charge in [-0.2, -0.15) is 5.10 Å². The number of rotatable bonds is 9. The van der Waals surface area contributed by atoms with Crippen LogP contribution in [-0.2, 0) is 6.54 Å². The molecule has 0 fully saturated rings. The summed E-state index contributed by atoms with van der Waals surface area (Å²) in [6.07, 6.45) is 3.90. The van der Waals surface area contributed by atoms with Crippen LogP contribution in [0.2, 0.25) is 0 Å². The lowest BCUT2D eigenvalue weighted by Crippen LogP contribution is -2.37. The third kappa shape index (κ3) is 7.54. The van der Waals surface area contributed by atoms with Gasteiger partial charge in [0.05, 0.1) is 11.4 Å². The van der Waals surface area contributed by atoms with E-state index in [-0.39, 0.29) is 24.0 Å². The molecule has 0 amide bonds. The number of benzene rings is 1. The molecule has 3 rings (SSSR count). The number of aliphatic imine (C=N–C) groups is 1. The van der Waals surface area contributed by atoms with E-state index in [9.17, 15) is 0 Å². The van der Waals surface area contributed by atoms with Crippen LogP contribution in [0.15, 0.2) is 59.7 Å². The predicted molar refractivity (Wildman–Crippen MR) is 139 cm³/mol. The first-order valence-electron chi connectivity index (χ1n) is 10.4. The molecule has 3 N–H and O–H groups in total. The summed E-state index contributed by atoms with van der Waals surface area (Å²) in [4.78, 5) is 8.60. The minimum absolute atomic E-state index is 0. The summed E-state index contributed by atoms with van der Waals surface area (Å²) in [5.41, 5.74) is 4.41. The van der Waals surface area contributed by atoms with E-state index < -0.39 is 0 Å². The zero-order valence-corrected chi connectivity index (χ0v) is 20.8. The maximum Gasteiger partial charge on any atom is 0.191 e. The molecule has 0 saturated heterocycles. The number of pyridine rings is 1. The fraction of sp³-hybridized carbons (Fsp3) is 0.348. The molecule has 0 spiro atoms. The van der Waals surface area contributed by atoms with Gasteiger partial charge in [0.15, 0.2) is 5.96 Å². The lowest BCUT2D eigenvalue weighted by atomic mass is 10.1. The van der Waals surface area contributed by atoms with Gasteiger partial charge in [0.1, 0.15) is 5.82 Å². The first kappa shape index (κ1) is 24.6. The average Bonchev–Trinajstić information content (AvgIpc) is 3.11. The van der Waals surface area contributed by atoms with Crippen molar-refractivity contribution in [2.45, 2.75) is 33.2 Å². The number of hydrogen-bond acceptors (Lipinski definition) is 4. The van der Waals surface area contributed by atoms with Crippen molar-refractivity contribution in [1.82, 2.24) is 25.4 Å². The van der Waals surface area contributed by atoms with E-state index in [1.54, 1.807) is 13.2 Å². The molecule has 2 aromatic heterocycles. The van der Waals surface area contributed by atoms with Crippen molar-refractivity contribution in [1.29, 1.82) is 0 Å². The lowest BCUT2D eigenvalue weighted by molar-refractivity contribution is 0.709. The number of aryl methyl sites for hydroxylation is 2. The molecule has 166 valence electrons. The summed E-state index contributed by atoms with van der Waals surface area (Å²) in [5.74, 6) is 1.72. The van der Waals surface area contributed by atoms with E-state index in [0.29, 0.717) is 6.54 Å². The topological polar surface area (TPSA) is 79.2 Å². The number of guanidine groups is 1. The summed E-state index contributed by atoms with van der Waals surface area (Å²) < 4.78 is 2.00. The highest BCUT2D eigenvalue weighted by Gasteiger charge is 2.09. The van der Waals surface area contributed by atoms with Crippen LogP contribution < -0.4 is 16.0 Å². The Labute approximate surface area is 201 Å². The van der Waals surface area contributed by atoms with Gasteiger partial charge < -0.3 is 16.0 Å². The minimum Gasteiger partial charge on any atom is -0.370 e. The number of nitrogens with one attached hydrogen (secondary N) is 3. The molecule has 7 nitrogen and oxygen atoms in total. The van der Waals surface area contributed by atoms with Crippen molar-refractivity contribution < 1.29 is 0 Å². The zero-order valence-electron chi connectivity index (χ0n) is 18.4. The Kier molecular flexibility index (Phi) is 10.3. The van der Waals surface area contributed by atoms with Crippen molar-refractivity contribution in [3.05, 3.63) is 71.7 Å². The molecular weight excluding hydrogens is 501 g/mol. The number of nitrogens with zero attached hydrogens (tertiary/aromatic N) is 4. The second-order valence-corrected chi connectivity index (χ2v) is 7.17. The summed E-state index contributed by atoms with van der Waals surface area (Å²) in [5, 5.41) is 14.7. The Morgan fingerprint density at radius 2 is 1.77 bits per heavy atom. The van der Waals surface area contributed by atoms with Gasteiger partial charge in [0.2, 0.25) is 0 Å². The number of anilines is 1. The molecule has 0 aliphatic carbocycles. The second kappa shape index (κ2) is 12.9. The second-order valence-electron chi connectivity index (χ2n) is 7.17. The van der Waals surface area contributed by atoms with E-state index in [4.69, 9.17) is 0 Å². The van der Waals surface area contributed by atoms with E-state index in [2.05, 4.69) is 62.2 Å². The van der Waals surface area contributed by atoms with Crippen LogP contribution in [0, 0.1) is 13.8 Å². The maximum atomic E-state index is 4.62. The quantitative estimate of drug-likeness (QED) is 0.167. The fourth-order valence-electron chi connectivity index (χ4n) is 3.28. The van der Waals surface area contributed by atoms with Crippen molar-refractivity contribution in [3.63, 3.8) is 0 Å². The maximum absolute atomic E-state index is 4.62. The summed E-state index contributed by atoms with van der Waals surface area (Å²) >= 11 is 0. The van der Waals surface area contributed by atoms with E-state index in [1.807, 2.05) is 35.9 Å². The smallest absolute Gasteiger partial charge is 0.191 e. The molecule has 31 heavy (non-hydrogen) atoms. The van der Waals surface area contributed by atoms with Crippen LogP contribution in [-0.4, -0.2) is 40.9 Å². The molecule has 0 radical (unpaired) electrons. The number of unbranched alkanes of at least 4 members (excludes halogenated alkanes) is 1. The summed E-state index contributed by atoms with van der Waals surface area (Å²) in [7, 11) is 1.80. The SMILES string of the molecule is CN=C(NCCCCNc1ccccn1)NCc1ccccc1-n1nc(C)cc1C.I. The third-order valence-electron chi connectivity index (χ3n) is 4.77. The van der Waals surface area contributed by atoms with Crippen LogP contribution in [0.4, 0.5) is 5.82 Å². The largest absolute Gasteiger partial charge is 0.370 e. The van der Waals surface area contributed by atoms with E-state index in [1.165, 1.54) is 5.56 Å². The Balaban J connectivity index is 0.00000341. The van der Waals surface area contributed by atoms with Gasteiger partial charge in [-0.05, 0) is 56.5 Å². The standard InChI is InChI=1S/C23H31N7.HI/c1-18-16-19(2)30(29-18)21-11-5-4-10-20(21)17-28-23(24-3)27-15-9-8-14-26-22-12-6-7-13-25-22;/h4-7,10-13,16H,8-9,14-15,17H2,1-3H3,(H,25,26)(H2,24,27,28);1H. The molecule has 0 aliphatic heterocycles. The lowest BCUT2D eigenvalue weighted by Gasteiger charge is -2.15. The molecule has 0 aliphatic rings. The first-order chi connectivity index (χ1) is 14.7. The number of halogens is 1. The number of para-hydroxylation sites is 1. The zero-order chi connectivity index (χ0) is 21.2. The highest BCUT2D eigenvalue weighted by Crippen LogP contribution is 2.16. The molecule has 2 heterocycles. The Morgan fingerprint density at radius 3 is 2.48 bits per heavy atom. The molecule has 8 heteroatoms. The van der Waals surface area contributed by atoms with Gasteiger partial charge in [-0.25, -0.2) is 9.67 Å². The number of hydrogen-bond donors (Lipinski definition) is 3. The molecule has 0 unspecified atom stereocenters. The highest BCUT2D eigenvalue weighted by atomic mass is 127. The summed E-state index contributed by atoms with van der Waals surface area (Å²) in [6.45, 7) is 6.54. The molecule has 3 aromatic rings. The first-order valence-corrected chi connectivity index (χ1v) is 10.4. The van der Waals surface area contributed by atoms with Gasteiger partial charge >= 0.3 is 0 Å². The van der Waals surface area contributed by atoms with Crippen LogP contribution in [0.1, 0.15) is 29.8 Å². The Hall–Kier alpha value is -2.62. The average molecular weight is 533 g/mol. The van der Waals surface area contributed by atoms with Gasteiger partial charge in [0.25, 0.3) is 0 Å². The minimum atomic E-state index is 0. The van der Waals surface area contributed by atoms with Crippen molar-refractivity contribution >= 4 is 35.8 Å². The van der Waals surface area contributed by atoms with Crippen LogP contribution >= 0.6 is 24.0 Å². The number of aromatic nitrogens is 3.